The highest BCUT2D eigenvalue weighted by Gasteiger charge is 2.15. The summed E-state index contributed by atoms with van der Waals surface area (Å²) in [6.45, 7) is 4.50. The van der Waals surface area contributed by atoms with E-state index in [4.69, 9.17) is 0 Å². The van der Waals surface area contributed by atoms with Gasteiger partial charge in [-0.1, -0.05) is 0 Å². The van der Waals surface area contributed by atoms with Crippen LogP contribution in [0, 0.1) is 0 Å². The van der Waals surface area contributed by atoms with Gasteiger partial charge in [-0.15, -0.1) is 0 Å². The maximum atomic E-state index is 3.53. The van der Waals surface area contributed by atoms with E-state index in [2.05, 4.69) is 35.1 Å². The molecule has 1 unspecified atom stereocenters. The van der Waals surface area contributed by atoms with Crippen molar-refractivity contribution in [1.29, 1.82) is 0 Å². The lowest BCUT2D eigenvalue weighted by atomic mass is 10.1. The molecule has 1 aromatic rings. The zero-order chi connectivity index (χ0) is 9.10. The Morgan fingerprint density at radius 3 is 3.23 bits per heavy atom. The van der Waals surface area contributed by atoms with Crippen LogP contribution in [-0.4, -0.2) is 17.2 Å². The molecule has 1 saturated heterocycles. The molecular weight excluding hydrogens is 160 g/mol. The zero-order valence-electron chi connectivity index (χ0n) is 8.29. The van der Waals surface area contributed by atoms with Crippen molar-refractivity contribution >= 4 is 0 Å². The second kappa shape index (κ2) is 3.97. The van der Waals surface area contributed by atoms with Crippen LogP contribution in [-0.2, 0) is 13.0 Å². The Morgan fingerprint density at radius 1 is 1.62 bits per heavy atom. The smallest absolute Gasteiger partial charge is 0.0193 e. The Morgan fingerprint density at radius 2 is 2.54 bits per heavy atom. The van der Waals surface area contributed by atoms with Gasteiger partial charge >= 0.3 is 0 Å². The fraction of sp³-hybridized carbons (Fsp3) is 0.636. The van der Waals surface area contributed by atoms with Crippen molar-refractivity contribution in [2.24, 2.45) is 0 Å². The molecule has 1 aliphatic heterocycles. The first-order chi connectivity index (χ1) is 6.40. The van der Waals surface area contributed by atoms with Gasteiger partial charge in [-0.2, -0.15) is 0 Å². The van der Waals surface area contributed by atoms with Crippen LogP contribution in [0.5, 0.6) is 0 Å². The quantitative estimate of drug-likeness (QED) is 0.747. The molecule has 1 aromatic heterocycles. The van der Waals surface area contributed by atoms with Crippen LogP contribution in [0.4, 0.5) is 0 Å². The molecule has 1 fully saturated rings. The third kappa shape index (κ3) is 1.94. The Balaban J connectivity index is 1.99. The van der Waals surface area contributed by atoms with Crippen LogP contribution < -0.4 is 5.32 Å². The number of aryl methyl sites for hydroxylation is 1. The predicted molar refractivity (Wildman–Crippen MR) is 54.8 cm³/mol. The number of hydrogen-bond acceptors (Lipinski definition) is 1. The molecule has 0 radical (unpaired) electrons. The first kappa shape index (κ1) is 8.82. The van der Waals surface area contributed by atoms with Gasteiger partial charge in [0, 0.05) is 30.9 Å². The van der Waals surface area contributed by atoms with Gasteiger partial charge < -0.3 is 9.88 Å². The molecule has 2 rings (SSSR count). The van der Waals surface area contributed by atoms with Gasteiger partial charge in [0.2, 0.25) is 0 Å². The molecule has 0 aromatic carbocycles. The second-order valence-electron chi connectivity index (χ2n) is 3.78. The van der Waals surface area contributed by atoms with Gasteiger partial charge in [0.05, 0.1) is 0 Å². The molecule has 1 atom stereocenters. The van der Waals surface area contributed by atoms with Crippen molar-refractivity contribution in [3.05, 3.63) is 24.0 Å². The summed E-state index contributed by atoms with van der Waals surface area (Å²) < 4.78 is 2.33. The largest absolute Gasteiger partial charge is 0.352 e. The number of aromatic nitrogens is 1. The van der Waals surface area contributed by atoms with Crippen LogP contribution in [0.2, 0.25) is 0 Å². The molecular formula is C11H18N2. The molecule has 2 heteroatoms. The molecule has 0 aliphatic carbocycles. The van der Waals surface area contributed by atoms with Gasteiger partial charge in [0.1, 0.15) is 0 Å². The van der Waals surface area contributed by atoms with E-state index in [1.807, 2.05) is 0 Å². The maximum Gasteiger partial charge on any atom is 0.0193 e. The minimum atomic E-state index is 0.722. The van der Waals surface area contributed by atoms with Gasteiger partial charge in [0.15, 0.2) is 0 Å². The van der Waals surface area contributed by atoms with E-state index >= 15 is 0 Å². The van der Waals surface area contributed by atoms with Crippen molar-refractivity contribution < 1.29 is 0 Å². The lowest BCUT2D eigenvalue weighted by Crippen LogP contribution is -2.24. The van der Waals surface area contributed by atoms with Gasteiger partial charge in [0.25, 0.3) is 0 Å². The minimum absolute atomic E-state index is 0.722. The number of nitrogens with one attached hydrogen (secondary N) is 1. The summed E-state index contributed by atoms with van der Waals surface area (Å²) >= 11 is 0. The number of nitrogens with zero attached hydrogens (tertiary/aromatic N) is 1. The van der Waals surface area contributed by atoms with E-state index < -0.39 is 0 Å². The normalized spacial score (nSPS) is 22.4. The van der Waals surface area contributed by atoms with E-state index in [1.165, 1.54) is 31.5 Å². The van der Waals surface area contributed by atoms with Gasteiger partial charge in [-0.25, -0.2) is 0 Å². The summed E-state index contributed by atoms with van der Waals surface area (Å²) in [6, 6.07) is 5.11. The Bertz CT molecular complexity index is 259. The summed E-state index contributed by atoms with van der Waals surface area (Å²) in [7, 11) is 0. The average Bonchev–Trinajstić information content (AvgIpc) is 2.76. The third-order valence-electron chi connectivity index (χ3n) is 2.88. The number of hydrogen-bond donors (Lipinski definition) is 1. The molecule has 0 bridgehead atoms. The summed E-state index contributed by atoms with van der Waals surface area (Å²) in [6.07, 6.45) is 6.05. The van der Waals surface area contributed by atoms with Crippen molar-refractivity contribution in [1.82, 2.24) is 9.88 Å². The lowest BCUT2D eigenvalue weighted by Gasteiger charge is -2.11. The van der Waals surface area contributed by atoms with Gasteiger partial charge in [-0.3, -0.25) is 0 Å². The molecule has 2 nitrogen and oxygen atoms in total. The molecule has 13 heavy (non-hydrogen) atoms. The topological polar surface area (TPSA) is 17.0 Å². The molecule has 1 aliphatic rings. The predicted octanol–water partition coefficient (Wildman–Crippen LogP) is 1.80. The van der Waals surface area contributed by atoms with E-state index in [0.29, 0.717) is 0 Å². The zero-order valence-corrected chi connectivity index (χ0v) is 8.29. The number of rotatable bonds is 3. The second-order valence-corrected chi connectivity index (χ2v) is 3.78. The Labute approximate surface area is 79.9 Å². The SMILES string of the molecule is CCn1cccc1CC1CCCN1. The van der Waals surface area contributed by atoms with E-state index in [9.17, 15) is 0 Å². The first-order valence-electron chi connectivity index (χ1n) is 5.27. The average molecular weight is 178 g/mol. The fourth-order valence-electron chi connectivity index (χ4n) is 2.13. The van der Waals surface area contributed by atoms with E-state index in [1.54, 1.807) is 0 Å². The van der Waals surface area contributed by atoms with Crippen LogP contribution in [0.1, 0.15) is 25.5 Å². The monoisotopic (exact) mass is 178 g/mol. The molecule has 0 spiro atoms. The van der Waals surface area contributed by atoms with Crippen LogP contribution in [0.25, 0.3) is 0 Å². The fourth-order valence-corrected chi connectivity index (χ4v) is 2.13. The van der Waals surface area contributed by atoms with Gasteiger partial charge in [-0.05, 0) is 38.4 Å². The standard InChI is InChI=1S/C11H18N2/c1-2-13-8-4-6-11(13)9-10-5-3-7-12-10/h4,6,8,10,12H,2-3,5,7,9H2,1H3. The van der Waals surface area contributed by atoms with Crippen molar-refractivity contribution in [2.45, 2.75) is 38.8 Å². The lowest BCUT2D eigenvalue weighted by molar-refractivity contribution is 0.572. The third-order valence-corrected chi connectivity index (χ3v) is 2.88. The van der Waals surface area contributed by atoms with Crippen LogP contribution >= 0.6 is 0 Å². The summed E-state index contributed by atoms with van der Waals surface area (Å²) in [4.78, 5) is 0. The highest BCUT2D eigenvalue weighted by atomic mass is 15.0. The molecule has 0 saturated carbocycles. The minimum Gasteiger partial charge on any atom is -0.352 e. The first-order valence-corrected chi connectivity index (χ1v) is 5.27. The van der Waals surface area contributed by atoms with E-state index in [-0.39, 0.29) is 0 Å². The highest BCUT2D eigenvalue weighted by molar-refractivity contribution is 5.09. The molecule has 0 amide bonds. The van der Waals surface area contributed by atoms with Crippen molar-refractivity contribution in [3.63, 3.8) is 0 Å². The highest BCUT2D eigenvalue weighted by Crippen LogP contribution is 2.12. The van der Waals surface area contributed by atoms with Crippen LogP contribution in [0.15, 0.2) is 18.3 Å². The summed E-state index contributed by atoms with van der Waals surface area (Å²) in [5, 5.41) is 3.53. The summed E-state index contributed by atoms with van der Waals surface area (Å²) in [5.41, 5.74) is 1.47. The van der Waals surface area contributed by atoms with Crippen LogP contribution in [0.3, 0.4) is 0 Å². The van der Waals surface area contributed by atoms with Crippen molar-refractivity contribution in [2.75, 3.05) is 6.54 Å². The van der Waals surface area contributed by atoms with E-state index in [0.717, 1.165) is 12.6 Å². The molecule has 2 heterocycles. The van der Waals surface area contributed by atoms with Crippen molar-refractivity contribution in [3.8, 4) is 0 Å². The Kier molecular flexibility index (Phi) is 2.69. The Hall–Kier alpha value is -0.760. The maximum absolute atomic E-state index is 3.53. The summed E-state index contributed by atoms with van der Waals surface area (Å²) in [5.74, 6) is 0. The molecule has 1 N–H and O–H groups in total. The molecule has 72 valence electrons.